The Hall–Kier alpha value is -0.710. The second kappa shape index (κ2) is 5.82. The van der Waals surface area contributed by atoms with E-state index in [-0.39, 0.29) is 0 Å². The van der Waals surface area contributed by atoms with Gasteiger partial charge in [-0.3, -0.25) is 0 Å². The number of aromatic nitrogens is 1. The van der Waals surface area contributed by atoms with Crippen molar-refractivity contribution in [1.82, 2.24) is 10.3 Å². The van der Waals surface area contributed by atoms with Gasteiger partial charge in [-0.1, -0.05) is 20.8 Å². The first kappa shape index (κ1) is 15.2. The van der Waals surface area contributed by atoms with Crippen LogP contribution in [0.5, 0.6) is 0 Å². The van der Waals surface area contributed by atoms with Crippen LogP contribution in [0.3, 0.4) is 0 Å². The van der Waals surface area contributed by atoms with Gasteiger partial charge in [0, 0.05) is 21.9 Å². The second-order valence-electron chi connectivity index (χ2n) is 6.85. The van der Waals surface area contributed by atoms with Gasteiger partial charge in [-0.05, 0) is 49.1 Å². The highest BCUT2D eigenvalue weighted by Gasteiger charge is 2.35. The summed E-state index contributed by atoms with van der Waals surface area (Å²) in [4.78, 5) is 6.47. The standard InChI is InChI=1S/C17H24N2S2/c1-5-6-18-13-7-17(3,4)8-14-15(13)21-16(19-14)12-10-20-9-11(12)2/h9-10,13,18H,5-8H2,1-4H3. The molecule has 1 unspecified atom stereocenters. The van der Waals surface area contributed by atoms with Crippen LogP contribution in [-0.4, -0.2) is 11.5 Å². The van der Waals surface area contributed by atoms with E-state index in [1.54, 1.807) is 11.3 Å². The average molecular weight is 321 g/mol. The van der Waals surface area contributed by atoms with Crippen LogP contribution in [0.2, 0.25) is 0 Å². The minimum absolute atomic E-state index is 0.341. The number of thiophene rings is 1. The molecule has 114 valence electrons. The van der Waals surface area contributed by atoms with Gasteiger partial charge in [0.05, 0.1) is 5.69 Å². The van der Waals surface area contributed by atoms with Gasteiger partial charge in [0.1, 0.15) is 5.01 Å². The topological polar surface area (TPSA) is 24.9 Å². The molecule has 4 heteroatoms. The summed E-state index contributed by atoms with van der Waals surface area (Å²) in [7, 11) is 0. The quantitative estimate of drug-likeness (QED) is 0.838. The molecule has 1 aliphatic rings. The summed E-state index contributed by atoms with van der Waals surface area (Å²) in [6.07, 6.45) is 3.50. The monoisotopic (exact) mass is 320 g/mol. The Labute approximate surface area is 135 Å². The maximum atomic E-state index is 4.99. The highest BCUT2D eigenvalue weighted by atomic mass is 32.1. The van der Waals surface area contributed by atoms with Crippen LogP contribution >= 0.6 is 22.7 Å². The highest BCUT2D eigenvalue weighted by Crippen LogP contribution is 2.45. The molecule has 0 fully saturated rings. The first-order valence-corrected chi connectivity index (χ1v) is 9.52. The number of thiazole rings is 1. The van der Waals surface area contributed by atoms with Gasteiger partial charge in [0.25, 0.3) is 0 Å². The molecule has 21 heavy (non-hydrogen) atoms. The summed E-state index contributed by atoms with van der Waals surface area (Å²) in [5, 5.41) is 9.39. The fourth-order valence-corrected chi connectivity index (χ4v) is 5.26. The molecule has 0 saturated heterocycles. The number of fused-ring (bicyclic) bond motifs is 1. The molecule has 0 aliphatic heterocycles. The van der Waals surface area contributed by atoms with E-state index in [1.807, 2.05) is 11.3 Å². The lowest BCUT2D eigenvalue weighted by atomic mass is 9.76. The van der Waals surface area contributed by atoms with E-state index in [0.29, 0.717) is 11.5 Å². The Morgan fingerprint density at radius 2 is 2.19 bits per heavy atom. The van der Waals surface area contributed by atoms with Crippen molar-refractivity contribution in [1.29, 1.82) is 0 Å². The minimum Gasteiger partial charge on any atom is -0.309 e. The largest absolute Gasteiger partial charge is 0.309 e. The van der Waals surface area contributed by atoms with Crippen molar-refractivity contribution in [3.05, 3.63) is 26.9 Å². The normalized spacial score (nSPS) is 20.5. The fraction of sp³-hybridized carbons (Fsp3) is 0.588. The van der Waals surface area contributed by atoms with Crippen LogP contribution in [0.25, 0.3) is 10.6 Å². The number of hydrogen-bond acceptors (Lipinski definition) is 4. The molecular weight excluding hydrogens is 296 g/mol. The van der Waals surface area contributed by atoms with Gasteiger partial charge in [0.2, 0.25) is 0 Å². The van der Waals surface area contributed by atoms with Crippen LogP contribution < -0.4 is 5.32 Å². The highest BCUT2D eigenvalue weighted by molar-refractivity contribution is 7.16. The zero-order valence-electron chi connectivity index (χ0n) is 13.3. The van der Waals surface area contributed by atoms with Gasteiger partial charge in [-0.2, -0.15) is 11.3 Å². The van der Waals surface area contributed by atoms with Crippen LogP contribution in [0.1, 0.15) is 55.8 Å². The molecule has 2 aromatic rings. The summed E-state index contributed by atoms with van der Waals surface area (Å²) >= 11 is 3.67. The first-order chi connectivity index (χ1) is 10.00. The van der Waals surface area contributed by atoms with Crippen molar-refractivity contribution in [2.75, 3.05) is 6.54 Å². The van der Waals surface area contributed by atoms with E-state index < -0.39 is 0 Å². The van der Waals surface area contributed by atoms with Gasteiger partial charge in [-0.25, -0.2) is 4.98 Å². The van der Waals surface area contributed by atoms with Gasteiger partial charge >= 0.3 is 0 Å². The Balaban J connectivity index is 1.97. The van der Waals surface area contributed by atoms with Crippen LogP contribution in [-0.2, 0) is 6.42 Å². The Morgan fingerprint density at radius 3 is 2.86 bits per heavy atom. The van der Waals surface area contributed by atoms with E-state index in [9.17, 15) is 0 Å². The van der Waals surface area contributed by atoms with E-state index in [2.05, 4.69) is 43.8 Å². The third-order valence-electron chi connectivity index (χ3n) is 4.17. The molecule has 1 atom stereocenters. The van der Waals surface area contributed by atoms with E-state index in [1.165, 1.54) is 39.5 Å². The number of hydrogen-bond donors (Lipinski definition) is 1. The van der Waals surface area contributed by atoms with Crippen molar-refractivity contribution in [3.8, 4) is 10.6 Å². The van der Waals surface area contributed by atoms with Gasteiger partial charge in [0.15, 0.2) is 0 Å². The molecule has 2 nitrogen and oxygen atoms in total. The molecule has 0 spiro atoms. The lowest BCUT2D eigenvalue weighted by Gasteiger charge is -2.34. The van der Waals surface area contributed by atoms with Crippen molar-refractivity contribution in [2.45, 2.75) is 53.0 Å². The average Bonchev–Trinajstić information content (AvgIpc) is 3.00. The predicted octanol–water partition coefficient (Wildman–Crippen LogP) is 5.19. The molecule has 0 amide bonds. The van der Waals surface area contributed by atoms with Crippen molar-refractivity contribution < 1.29 is 0 Å². The molecule has 0 saturated carbocycles. The molecule has 0 radical (unpaired) electrons. The van der Waals surface area contributed by atoms with Crippen LogP contribution in [0.4, 0.5) is 0 Å². The molecule has 0 bridgehead atoms. The number of nitrogens with one attached hydrogen (secondary N) is 1. The zero-order chi connectivity index (χ0) is 15.0. The number of rotatable bonds is 4. The smallest absolute Gasteiger partial charge is 0.125 e. The minimum atomic E-state index is 0.341. The maximum Gasteiger partial charge on any atom is 0.125 e. The van der Waals surface area contributed by atoms with E-state index in [4.69, 9.17) is 4.98 Å². The molecular formula is C17H24N2S2. The third kappa shape index (κ3) is 3.08. The Bertz CT molecular complexity index is 625. The van der Waals surface area contributed by atoms with Crippen LogP contribution in [0, 0.1) is 12.3 Å². The molecule has 3 rings (SSSR count). The summed E-state index contributed by atoms with van der Waals surface area (Å²) in [6, 6.07) is 0.480. The lowest BCUT2D eigenvalue weighted by Crippen LogP contribution is -2.33. The zero-order valence-corrected chi connectivity index (χ0v) is 15.0. The van der Waals surface area contributed by atoms with Gasteiger partial charge in [-0.15, -0.1) is 11.3 Å². The second-order valence-corrected chi connectivity index (χ2v) is 8.62. The van der Waals surface area contributed by atoms with E-state index in [0.717, 1.165) is 13.0 Å². The molecule has 0 aromatic carbocycles. The van der Waals surface area contributed by atoms with Gasteiger partial charge < -0.3 is 5.32 Å². The molecule has 1 aliphatic carbocycles. The molecule has 2 heterocycles. The summed E-state index contributed by atoms with van der Waals surface area (Å²) in [5.74, 6) is 0. The Kier molecular flexibility index (Phi) is 4.21. The number of nitrogens with zero attached hydrogens (tertiary/aromatic N) is 1. The van der Waals surface area contributed by atoms with Crippen molar-refractivity contribution in [3.63, 3.8) is 0 Å². The summed E-state index contributed by atoms with van der Waals surface area (Å²) in [6.45, 7) is 10.2. The lowest BCUT2D eigenvalue weighted by molar-refractivity contribution is 0.258. The summed E-state index contributed by atoms with van der Waals surface area (Å²) < 4.78 is 0. The van der Waals surface area contributed by atoms with Crippen molar-refractivity contribution >= 4 is 22.7 Å². The maximum absolute atomic E-state index is 4.99. The summed E-state index contributed by atoms with van der Waals surface area (Å²) in [5.41, 5.74) is 4.34. The number of aryl methyl sites for hydroxylation is 1. The predicted molar refractivity (Wildman–Crippen MR) is 93.3 cm³/mol. The SMILES string of the molecule is CCCNC1CC(C)(C)Cc2nc(-c3cscc3C)sc21. The van der Waals surface area contributed by atoms with Crippen molar-refractivity contribution in [2.24, 2.45) is 5.41 Å². The third-order valence-corrected chi connectivity index (χ3v) is 6.28. The fourth-order valence-electron chi connectivity index (χ4n) is 3.11. The van der Waals surface area contributed by atoms with Crippen LogP contribution in [0.15, 0.2) is 10.8 Å². The molecule has 2 aromatic heterocycles. The molecule has 1 N–H and O–H groups in total. The van der Waals surface area contributed by atoms with E-state index >= 15 is 0 Å². The Morgan fingerprint density at radius 1 is 1.38 bits per heavy atom. The first-order valence-electron chi connectivity index (χ1n) is 7.76.